The van der Waals surface area contributed by atoms with E-state index in [2.05, 4.69) is 24.1 Å². The SMILES string of the molecule is CNCC(C)C(=O)N(C1CCC(C)CC1)C1CC1.Cl. The highest BCUT2D eigenvalue weighted by Gasteiger charge is 2.39. The summed E-state index contributed by atoms with van der Waals surface area (Å²) in [5.74, 6) is 1.36. The van der Waals surface area contributed by atoms with Gasteiger partial charge in [-0.1, -0.05) is 13.8 Å². The van der Waals surface area contributed by atoms with Crippen LogP contribution in [0.3, 0.4) is 0 Å². The van der Waals surface area contributed by atoms with Gasteiger partial charge in [0.25, 0.3) is 0 Å². The number of nitrogens with one attached hydrogen (secondary N) is 1. The highest BCUT2D eigenvalue weighted by atomic mass is 35.5. The number of rotatable bonds is 5. The number of hydrogen-bond acceptors (Lipinski definition) is 2. The maximum atomic E-state index is 12.6. The van der Waals surface area contributed by atoms with Crippen molar-refractivity contribution in [2.75, 3.05) is 13.6 Å². The number of carbonyl (C=O) groups is 1. The Kier molecular flexibility index (Phi) is 6.61. The average Bonchev–Trinajstić information content (AvgIpc) is 3.16. The third-order valence-corrected chi connectivity index (χ3v) is 4.51. The molecular weight excluding hydrogens is 260 g/mol. The first-order chi connectivity index (χ1) is 8.63. The van der Waals surface area contributed by atoms with Gasteiger partial charge in [-0.05, 0) is 51.5 Å². The normalized spacial score (nSPS) is 28.4. The van der Waals surface area contributed by atoms with Gasteiger partial charge in [-0.3, -0.25) is 4.79 Å². The summed E-state index contributed by atoms with van der Waals surface area (Å²) in [7, 11) is 1.92. The molecule has 0 bridgehead atoms. The minimum atomic E-state index is 0. The van der Waals surface area contributed by atoms with E-state index in [0.29, 0.717) is 18.0 Å². The lowest BCUT2D eigenvalue weighted by atomic mass is 9.86. The molecule has 0 heterocycles. The van der Waals surface area contributed by atoms with Crippen LogP contribution in [0.1, 0.15) is 52.4 Å². The van der Waals surface area contributed by atoms with Crippen molar-refractivity contribution in [2.24, 2.45) is 11.8 Å². The van der Waals surface area contributed by atoms with Crippen LogP contribution in [-0.2, 0) is 4.79 Å². The predicted molar refractivity (Wildman–Crippen MR) is 81.6 cm³/mol. The molecule has 0 aliphatic heterocycles. The van der Waals surface area contributed by atoms with E-state index >= 15 is 0 Å². The van der Waals surface area contributed by atoms with Crippen LogP contribution < -0.4 is 5.32 Å². The van der Waals surface area contributed by atoms with E-state index in [-0.39, 0.29) is 18.3 Å². The number of halogens is 1. The van der Waals surface area contributed by atoms with Crippen LogP contribution in [0.25, 0.3) is 0 Å². The Bertz CT molecular complexity index is 286. The molecule has 1 amide bonds. The Hall–Kier alpha value is -0.280. The predicted octanol–water partition coefficient (Wildman–Crippen LogP) is 2.83. The Labute approximate surface area is 123 Å². The van der Waals surface area contributed by atoms with Crippen LogP contribution in [0.4, 0.5) is 0 Å². The second-order valence-corrected chi connectivity index (χ2v) is 6.35. The molecule has 1 N–H and O–H groups in total. The second-order valence-electron chi connectivity index (χ2n) is 6.35. The lowest BCUT2D eigenvalue weighted by Gasteiger charge is -2.38. The molecule has 1 unspecified atom stereocenters. The molecule has 112 valence electrons. The highest BCUT2D eigenvalue weighted by Crippen LogP contribution is 2.36. The van der Waals surface area contributed by atoms with E-state index in [0.717, 1.165) is 12.5 Å². The molecule has 2 saturated carbocycles. The van der Waals surface area contributed by atoms with Gasteiger partial charge in [0.15, 0.2) is 0 Å². The molecule has 1 atom stereocenters. The molecule has 19 heavy (non-hydrogen) atoms. The summed E-state index contributed by atoms with van der Waals surface area (Å²) >= 11 is 0. The van der Waals surface area contributed by atoms with Crippen molar-refractivity contribution >= 4 is 18.3 Å². The molecule has 0 aromatic carbocycles. The van der Waals surface area contributed by atoms with Gasteiger partial charge in [-0.15, -0.1) is 12.4 Å². The molecular formula is C15H29ClN2O. The number of nitrogens with zero attached hydrogens (tertiary/aromatic N) is 1. The Balaban J connectivity index is 0.00000180. The van der Waals surface area contributed by atoms with Gasteiger partial charge in [0.05, 0.1) is 0 Å². The number of carbonyl (C=O) groups excluding carboxylic acids is 1. The van der Waals surface area contributed by atoms with Crippen molar-refractivity contribution in [1.82, 2.24) is 10.2 Å². The van der Waals surface area contributed by atoms with Crippen LogP contribution in [0.15, 0.2) is 0 Å². The van der Waals surface area contributed by atoms with Crippen LogP contribution in [0, 0.1) is 11.8 Å². The average molecular weight is 289 g/mol. The monoisotopic (exact) mass is 288 g/mol. The van der Waals surface area contributed by atoms with E-state index in [1.54, 1.807) is 0 Å². The van der Waals surface area contributed by atoms with Crippen LogP contribution in [-0.4, -0.2) is 36.5 Å². The fourth-order valence-electron chi connectivity index (χ4n) is 3.18. The van der Waals surface area contributed by atoms with Crippen molar-refractivity contribution in [3.8, 4) is 0 Å². The molecule has 2 aliphatic carbocycles. The van der Waals surface area contributed by atoms with E-state index in [1.807, 2.05) is 7.05 Å². The summed E-state index contributed by atoms with van der Waals surface area (Å²) in [6, 6.07) is 1.09. The lowest BCUT2D eigenvalue weighted by molar-refractivity contribution is -0.138. The summed E-state index contributed by atoms with van der Waals surface area (Å²) in [6.45, 7) is 5.19. The molecule has 3 nitrogen and oxygen atoms in total. The summed E-state index contributed by atoms with van der Waals surface area (Å²) in [5, 5.41) is 3.13. The third-order valence-electron chi connectivity index (χ3n) is 4.51. The van der Waals surface area contributed by atoms with Crippen molar-refractivity contribution in [2.45, 2.75) is 64.5 Å². The topological polar surface area (TPSA) is 32.3 Å². The zero-order valence-corrected chi connectivity index (χ0v) is 13.3. The quantitative estimate of drug-likeness (QED) is 0.844. The summed E-state index contributed by atoms with van der Waals surface area (Å²) in [5.41, 5.74) is 0. The zero-order valence-electron chi connectivity index (χ0n) is 12.5. The smallest absolute Gasteiger partial charge is 0.227 e. The Morgan fingerprint density at radius 3 is 2.05 bits per heavy atom. The molecule has 0 saturated heterocycles. The molecule has 0 aromatic rings. The van der Waals surface area contributed by atoms with Crippen molar-refractivity contribution in [3.63, 3.8) is 0 Å². The van der Waals surface area contributed by atoms with E-state index < -0.39 is 0 Å². The fourth-order valence-corrected chi connectivity index (χ4v) is 3.18. The van der Waals surface area contributed by atoms with Gasteiger partial charge in [-0.25, -0.2) is 0 Å². The van der Waals surface area contributed by atoms with E-state index in [9.17, 15) is 4.79 Å². The largest absolute Gasteiger partial charge is 0.336 e. The van der Waals surface area contributed by atoms with Crippen molar-refractivity contribution < 1.29 is 4.79 Å². The Morgan fingerprint density at radius 2 is 1.63 bits per heavy atom. The van der Waals surface area contributed by atoms with Crippen LogP contribution in [0.2, 0.25) is 0 Å². The van der Waals surface area contributed by atoms with E-state index in [1.165, 1.54) is 38.5 Å². The van der Waals surface area contributed by atoms with E-state index in [4.69, 9.17) is 0 Å². The minimum absolute atomic E-state index is 0. The maximum Gasteiger partial charge on any atom is 0.227 e. The molecule has 0 spiro atoms. The highest BCUT2D eigenvalue weighted by molar-refractivity contribution is 5.85. The van der Waals surface area contributed by atoms with Gasteiger partial charge >= 0.3 is 0 Å². The molecule has 4 heteroatoms. The summed E-state index contributed by atoms with van der Waals surface area (Å²) < 4.78 is 0. The first-order valence-electron chi connectivity index (χ1n) is 7.60. The van der Waals surface area contributed by atoms with Gasteiger partial charge in [0.2, 0.25) is 5.91 Å². The third kappa shape index (κ3) is 4.35. The lowest BCUT2D eigenvalue weighted by Crippen LogP contribution is -2.47. The van der Waals surface area contributed by atoms with Crippen LogP contribution in [0.5, 0.6) is 0 Å². The molecule has 2 fully saturated rings. The molecule has 2 rings (SSSR count). The number of amides is 1. The van der Waals surface area contributed by atoms with Crippen LogP contribution >= 0.6 is 12.4 Å². The fraction of sp³-hybridized carbons (Fsp3) is 0.933. The minimum Gasteiger partial charge on any atom is -0.336 e. The van der Waals surface area contributed by atoms with Gasteiger partial charge in [0.1, 0.15) is 0 Å². The molecule has 0 radical (unpaired) electrons. The molecule has 0 aromatic heterocycles. The number of hydrogen-bond donors (Lipinski definition) is 1. The summed E-state index contributed by atoms with van der Waals surface area (Å²) in [4.78, 5) is 14.8. The molecule has 2 aliphatic rings. The Morgan fingerprint density at radius 1 is 1.16 bits per heavy atom. The van der Waals surface area contributed by atoms with Gasteiger partial charge in [0, 0.05) is 24.5 Å². The zero-order chi connectivity index (χ0) is 13.1. The van der Waals surface area contributed by atoms with Gasteiger partial charge < -0.3 is 10.2 Å². The van der Waals surface area contributed by atoms with Crippen molar-refractivity contribution in [3.05, 3.63) is 0 Å². The first-order valence-corrected chi connectivity index (χ1v) is 7.60. The first kappa shape index (κ1) is 16.8. The van der Waals surface area contributed by atoms with Crippen molar-refractivity contribution in [1.29, 1.82) is 0 Å². The summed E-state index contributed by atoms with van der Waals surface area (Å²) in [6.07, 6.45) is 7.47. The second kappa shape index (κ2) is 7.49. The standard InChI is InChI=1S/C15H28N2O.ClH/c1-11-4-6-13(7-5-11)17(14-8-9-14)15(18)12(2)10-16-3;/h11-14,16H,4-10H2,1-3H3;1H. The van der Waals surface area contributed by atoms with Gasteiger partial charge in [-0.2, -0.15) is 0 Å². The maximum absolute atomic E-state index is 12.6.